The molecule has 2 N–H and O–H groups in total. The van der Waals surface area contributed by atoms with Gasteiger partial charge in [-0.1, -0.05) is 6.07 Å². The van der Waals surface area contributed by atoms with Crippen LogP contribution in [0.15, 0.2) is 18.2 Å². The molecule has 3 heteroatoms. The first-order chi connectivity index (χ1) is 8.24. The molecule has 2 rings (SSSR count). The summed E-state index contributed by atoms with van der Waals surface area (Å²) >= 11 is 0. The maximum Gasteiger partial charge on any atom is 0.120 e. The van der Waals surface area contributed by atoms with Gasteiger partial charge in [0.05, 0.1) is 6.61 Å². The van der Waals surface area contributed by atoms with E-state index in [2.05, 4.69) is 17.4 Å². The first-order valence-corrected chi connectivity index (χ1v) is 6.32. The number of aliphatic hydroxyl groups excluding tert-OH is 1. The highest BCUT2D eigenvalue weighted by molar-refractivity contribution is 5.39. The Bertz CT molecular complexity index is 378. The number of benzene rings is 1. The molecule has 0 amide bonds. The molecule has 0 spiro atoms. The van der Waals surface area contributed by atoms with Crippen LogP contribution in [0.25, 0.3) is 0 Å². The maximum absolute atomic E-state index is 8.98. The number of rotatable bonds is 4. The highest BCUT2D eigenvalue weighted by atomic mass is 16.5. The summed E-state index contributed by atoms with van der Waals surface area (Å²) < 4.78 is 5.63. The van der Waals surface area contributed by atoms with Crippen LogP contribution < -0.4 is 10.1 Å². The fraction of sp³-hybridized carbons (Fsp3) is 0.571. The van der Waals surface area contributed by atoms with Crippen molar-refractivity contribution >= 4 is 0 Å². The molecule has 0 saturated carbocycles. The van der Waals surface area contributed by atoms with Crippen molar-refractivity contribution in [3.05, 3.63) is 29.3 Å². The molecule has 3 nitrogen and oxygen atoms in total. The number of nitrogens with one attached hydrogen (secondary N) is 1. The molecule has 0 aromatic heterocycles. The first kappa shape index (κ1) is 12.4. The Morgan fingerprint density at radius 3 is 3.06 bits per heavy atom. The van der Waals surface area contributed by atoms with Gasteiger partial charge in [-0.05, 0) is 56.5 Å². The largest absolute Gasteiger partial charge is 0.488 e. The molecule has 0 aliphatic heterocycles. The lowest BCUT2D eigenvalue weighted by molar-refractivity contribution is 0.129. The molecular weight excluding hydrogens is 214 g/mol. The SMILES string of the molecule is CNC1CCCc2cc(OC(C)CO)ccc21. The molecule has 17 heavy (non-hydrogen) atoms. The topological polar surface area (TPSA) is 41.5 Å². The zero-order valence-electron chi connectivity index (χ0n) is 10.6. The lowest BCUT2D eigenvalue weighted by atomic mass is 9.87. The van der Waals surface area contributed by atoms with Gasteiger partial charge in [0.2, 0.25) is 0 Å². The molecule has 0 heterocycles. The first-order valence-electron chi connectivity index (χ1n) is 6.32. The van der Waals surface area contributed by atoms with Gasteiger partial charge < -0.3 is 15.2 Å². The number of hydrogen-bond acceptors (Lipinski definition) is 3. The third-order valence-electron chi connectivity index (χ3n) is 3.37. The van der Waals surface area contributed by atoms with Gasteiger partial charge in [-0.3, -0.25) is 0 Å². The van der Waals surface area contributed by atoms with Crippen molar-refractivity contribution in [3.8, 4) is 5.75 Å². The zero-order chi connectivity index (χ0) is 12.3. The van der Waals surface area contributed by atoms with Crippen molar-refractivity contribution in [2.24, 2.45) is 0 Å². The van der Waals surface area contributed by atoms with Crippen LogP contribution in [-0.4, -0.2) is 24.9 Å². The summed E-state index contributed by atoms with van der Waals surface area (Å²) in [5, 5.41) is 12.3. The summed E-state index contributed by atoms with van der Waals surface area (Å²) in [7, 11) is 2.01. The Morgan fingerprint density at radius 1 is 1.53 bits per heavy atom. The fourth-order valence-electron chi connectivity index (χ4n) is 2.43. The Morgan fingerprint density at radius 2 is 2.35 bits per heavy atom. The van der Waals surface area contributed by atoms with E-state index in [1.165, 1.54) is 24.0 Å². The number of aryl methyl sites for hydroxylation is 1. The average Bonchev–Trinajstić information content (AvgIpc) is 2.37. The standard InChI is InChI=1S/C14H21NO2/c1-10(9-16)17-12-6-7-13-11(8-12)4-3-5-14(13)15-2/h6-8,10,14-16H,3-5,9H2,1-2H3. The van der Waals surface area contributed by atoms with Crippen molar-refractivity contribution in [3.63, 3.8) is 0 Å². The average molecular weight is 235 g/mol. The lowest BCUT2D eigenvalue weighted by Crippen LogP contribution is -2.22. The molecule has 1 aliphatic carbocycles. The van der Waals surface area contributed by atoms with E-state index in [9.17, 15) is 0 Å². The van der Waals surface area contributed by atoms with Gasteiger partial charge in [0, 0.05) is 6.04 Å². The second-order valence-electron chi connectivity index (χ2n) is 4.71. The van der Waals surface area contributed by atoms with Crippen LogP contribution in [0, 0.1) is 0 Å². The van der Waals surface area contributed by atoms with Crippen LogP contribution in [0.2, 0.25) is 0 Å². The second-order valence-corrected chi connectivity index (χ2v) is 4.71. The van der Waals surface area contributed by atoms with Gasteiger partial charge in [0.15, 0.2) is 0 Å². The molecule has 0 bridgehead atoms. The number of ether oxygens (including phenoxy) is 1. The van der Waals surface area contributed by atoms with Crippen molar-refractivity contribution in [1.29, 1.82) is 0 Å². The molecular formula is C14H21NO2. The molecule has 0 saturated heterocycles. The Labute approximate surface area is 103 Å². The number of hydrogen-bond donors (Lipinski definition) is 2. The van der Waals surface area contributed by atoms with Crippen LogP contribution in [0.3, 0.4) is 0 Å². The second kappa shape index (κ2) is 5.52. The van der Waals surface area contributed by atoms with Crippen molar-refractivity contribution in [1.82, 2.24) is 5.32 Å². The fourth-order valence-corrected chi connectivity index (χ4v) is 2.43. The minimum atomic E-state index is -0.142. The smallest absolute Gasteiger partial charge is 0.120 e. The minimum Gasteiger partial charge on any atom is -0.488 e. The van der Waals surface area contributed by atoms with E-state index in [0.29, 0.717) is 6.04 Å². The third-order valence-corrected chi connectivity index (χ3v) is 3.37. The van der Waals surface area contributed by atoms with E-state index in [0.717, 1.165) is 12.2 Å². The Kier molecular flexibility index (Phi) is 4.02. The summed E-state index contributed by atoms with van der Waals surface area (Å²) in [5.41, 5.74) is 2.76. The molecule has 94 valence electrons. The highest BCUT2D eigenvalue weighted by Gasteiger charge is 2.19. The molecule has 1 aromatic rings. The quantitative estimate of drug-likeness (QED) is 0.839. The van der Waals surface area contributed by atoms with Crippen LogP contribution in [-0.2, 0) is 6.42 Å². The predicted octanol–water partition coefficient (Wildman–Crippen LogP) is 2.04. The molecule has 2 atom stereocenters. The van der Waals surface area contributed by atoms with E-state index < -0.39 is 0 Å². The molecule has 0 fully saturated rings. The lowest BCUT2D eigenvalue weighted by Gasteiger charge is -2.26. The van der Waals surface area contributed by atoms with E-state index >= 15 is 0 Å². The van der Waals surface area contributed by atoms with Gasteiger partial charge in [0.25, 0.3) is 0 Å². The maximum atomic E-state index is 8.98. The summed E-state index contributed by atoms with van der Waals surface area (Å²) in [6.07, 6.45) is 3.41. The summed E-state index contributed by atoms with van der Waals surface area (Å²) in [5.74, 6) is 0.863. The number of fused-ring (bicyclic) bond motifs is 1. The summed E-state index contributed by atoms with van der Waals surface area (Å²) in [6.45, 7) is 1.92. The Hall–Kier alpha value is -1.06. The van der Waals surface area contributed by atoms with Gasteiger partial charge in [-0.25, -0.2) is 0 Å². The van der Waals surface area contributed by atoms with Gasteiger partial charge in [-0.15, -0.1) is 0 Å². The van der Waals surface area contributed by atoms with E-state index in [1.54, 1.807) is 0 Å². The van der Waals surface area contributed by atoms with Crippen LogP contribution in [0.4, 0.5) is 0 Å². The predicted molar refractivity (Wildman–Crippen MR) is 68.4 cm³/mol. The van der Waals surface area contributed by atoms with Gasteiger partial charge >= 0.3 is 0 Å². The third kappa shape index (κ3) is 2.79. The monoisotopic (exact) mass is 235 g/mol. The van der Waals surface area contributed by atoms with Crippen LogP contribution in [0.1, 0.15) is 36.9 Å². The van der Waals surface area contributed by atoms with Crippen LogP contribution >= 0.6 is 0 Å². The van der Waals surface area contributed by atoms with Crippen molar-refractivity contribution in [2.75, 3.05) is 13.7 Å². The molecule has 1 aliphatic rings. The molecule has 2 unspecified atom stereocenters. The summed E-state index contributed by atoms with van der Waals surface area (Å²) in [6, 6.07) is 6.74. The van der Waals surface area contributed by atoms with E-state index in [1.807, 2.05) is 20.0 Å². The molecule has 0 radical (unpaired) electrons. The number of aliphatic hydroxyl groups is 1. The highest BCUT2D eigenvalue weighted by Crippen LogP contribution is 2.32. The zero-order valence-corrected chi connectivity index (χ0v) is 10.6. The normalized spacial score (nSPS) is 20.8. The van der Waals surface area contributed by atoms with E-state index in [-0.39, 0.29) is 12.7 Å². The van der Waals surface area contributed by atoms with Crippen molar-refractivity contribution in [2.45, 2.75) is 38.3 Å². The van der Waals surface area contributed by atoms with Gasteiger partial charge in [0.1, 0.15) is 11.9 Å². The minimum absolute atomic E-state index is 0.0518. The van der Waals surface area contributed by atoms with Gasteiger partial charge in [-0.2, -0.15) is 0 Å². The van der Waals surface area contributed by atoms with E-state index in [4.69, 9.17) is 9.84 Å². The Balaban J connectivity index is 2.19. The van der Waals surface area contributed by atoms with Crippen LogP contribution in [0.5, 0.6) is 5.75 Å². The summed E-state index contributed by atoms with van der Waals surface area (Å²) in [4.78, 5) is 0. The molecule has 1 aromatic carbocycles. The van der Waals surface area contributed by atoms with Crippen molar-refractivity contribution < 1.29 is 9.84 Å².